The van der Waals surface area contributed by atoms with Crippen LogP contribution >= 0.6 is 37.2 Å². The Bertz CT molecular complexity index is 1180. The molecule has 1 aliphatic carbocycles. The molecule has 1 atom stereocenters. The predicted octanol–water partition coefficient (Wildman–Crippen LogP) is 5.28. The fraction of sp³-hybridized carbons (Fsp3) is 0.269. The SMILES string of the molecule is CN1CCN(C(=O)OCC2c3ccccc3-c3ccccc32)CC1c1cncc(C(=O)O)c1.Cl.Cl.Cl. The van der Waals surface area contributed by atoms with Gasteiger partial charge in [0.15, 0.2) is 0 Å². The molecule has 2 aromatic carbocycles. The number of fused-ring (bicyclic) bond motifs is 3. The molecule has 0 spiro atoms. The summed E-state index contributed by atoms with van der Waals surface area (Å²) in [4.78, 5) is 32.2. The van der Waals surface area contributed by atoms with Crippen molar-refractivity contribution < 1.29 is 19.4 Å². The van der Waals surface area contributed by atoms with Gasteiger partial charge in [0.1, 0.15) is 6.61 Å². The number of carboxylic acids is 1. The molecule has 0 bridgehead atoms. The second-order valence-corrected chi connectivity index (χ2v) is 8.56. The maximum absolute atomic E-state index is 13.0. The fourth-order valence-corrected chi connectivity index (χ4v) is 4.84. The molecular weight excluding hydrogens is 525 g/mol. The number of nitrogens with zero attached hydrogens (tertiary/aromatic N) is 3. The highest BCUT2D eigenvalue weighted by Gasteiger charge is 2.32. The third kappa shape index (κ3) is 5.60. The van der Waals surface area contributed by atoms with Gasteiger partial charge < -0.3 is 14.7 Å². The van der Waals surface area contributed by atoms with Crippen molar-refractivity contribution in [2.24, 2.45) is 0 Å². The second-order valence-electron chi connectivity index (χ2n) is 8.56. The van der Waals surface area contributed by atoms with E-state index in [1.165, 1.54) is 28.5 Å². The summed E-state index contributed by atoms with van der Waals surface area (Å²) in [5, 5.41) is 9.29. The zero-order chi connectivity index (χ0) is 22.9. The molecule has 36 heavy (non-hydrogen) atoms. The van der Waals surface area contributed by atoms with E-state index < -0.39 is 5.97 Å². The van der Waals surface area contributed by atoms with Crippen LogP contribution in [0.5, 0.6) is 0 Å². The van der Waals surface area contributed by atoms with Crippen molar-refractivity contribution in [3.05, 3.63) is 89.2 Å². The zero-order valence-corrected chi connectivity index (χ0v) is 22.0. The number of likely N-dealkylation sites (N-methyl/N-ethyl adjacent to an activating group) is 1. The Labute approximate surface area is 228 Å². The van der Waals surface area contributed by atoms with E-state index in [2.05, 4.69) is 34.1 Å². The number of piperazine rings is 1. The van der Waals surface area contributed by atoms with E-state index in [1.54, 1.807) is 17.2 Å². The molecule has 2 aliphatic rings. The van der Waals surface area contributed by atoms with Crippen LogP contribution in [0.15, 0.2) is 67.0 Å². The minimum Gasteiger partial charge on any atom is -0.478 e. The predicted molar refractivity (Wildman–Crippen MR) is 145 cm³/mol. The van der Waals surface area contributed by atoms with E-state index in [0.29, 0.717) is 19.6 Å². The van der Waals surface area contributed by atoms with Crippen LogP contribution in [-0.4, -0.2) is 65.2 Å². The molecule has 2 heterocycles. The van der Waals surface area contributed by atoms with Crippen LogP contribution in [0, 0.1) is 0 Å². The summed E-state index contributed by atoms with van der Waals surface area (Å²) in [6.45, 7) is 1.90. The van der Waals surface area contributed by atoms with E-state index in [4.69, 9.17) is 4.74 Å². The maximum atomic E-state index is 13.0. The Morgan fingerprint density at radius 3 is 2.19 bits per heavy atom. The molecule has 1 saturated heterocycles. The van der Waals surface area contributed by atoms with Crippen LogP contribution in [0.4, 0.5) is 4.79 Å². The number of amides is 1. The van der Waals surface area contributed by atoms with Crippen LogP contribution in [0.3, 0.4) is 0 Å². The monoisotopic (exact) mass is 551 g/mol. The standard InChI is InChI=1S/C26H25N3O4.3ClH/c1-28-10-11-29(15-24(28)17-12-18(25(30)31)14-27-13-17)26(32)33-16-23-21-8-4-2-6-19(21)20-7-3-5-9-22(20)23;;;/h2-9,12-14,23-24H,10-11,15-16H2,1H3,(H,30,31);3*1H. The van der Waals surface area contributed by atoms with Crippen molar-refractivity contribution >= 4 is 49.3 Å². The molecule has 0 saturated carbocycles. The number of carbonyl (C=O) groups is 2. The van der Waals surface area contributed by atoms with Gasteiger partial charge in [0.25, 0.3) is 0 Å². The summed E-state index contributed by atoms with van der Waals surface area (Å²) in [7, 11) is 1.97. The van der Waals surface area contributed by atoms with Crippen molar-refractivity contribution in [3.63, 3.8) is 0 Å². The lowest BCUT2D eigenvalue weighted by molar-refractivity contribution is 0.0584. The number of halogens is 3. The quantitative estimate of drug-likeness (QED) is 0.474. The largest absolute Gasteiger partial charge is 0.478 e. The highest BCUT2D eigenvalue weighted by Crippen LogP contribution is 2.44. The lowest BCUT2D eigenvalue weighted by atomic mass is 9.98. The smallest absolute Gasteiger partial charge is 0.409 e. The molecule has 192 valence electrons. The van der Waals surface area contributed by atoms with Gasteiger partial charge in [-0.15, -0.1) is 37.2 Å². The average Bonchev–Trinajstić information content (AvgIpc) is 3.16. The first-order valence-corrected chi connectivity index (χ1v) is 11.0. The minimum absolute atomic E-state index is 0. The molecule has 1 aromatic heterocycles. The Hall–Kier alpha value is -2.84. The number of rotatable bonds is 4. The average molecular weight is 553 g/mol. The van der Waals surface area contributed by atoms with E-state index in [1.807, 2.05) is 31.3 Å². The summed E-state index contributed by atoms with van der Waals surface area (Å²) >= 11 is 0. The van der Waals surface area contributed by atoms with E-state index in [0.717, 1.165) is 5.56 Å². The molecule has 1 N–H and O–H groups in total. The lowest BCUT2D eigenvalue weighted by Crippen LogP contribution is -2.49. The van der Waals surface area contributed by atoms with Crippen LogP contribution in [0.1, 0.15) is 39.0 Å². The number of carbonyl (C=O) groups excluding carboxylic acids is 1. The van der Waals surface area contributed by atoms with Crippen LogP contribution < -0.4 is 0 Å². The van der Waals surface area contributed by atoms with E-state index in [9.17, 15) is 14.7 Å². The van der Waals surface area contributed by atoms with Gasteiger partial charge in [-0.25, -0.2) is 9.59 Å². The molecule has 3 aromatic rings. The molecule has 5 rings (SSSR count). The number of pyridine rings is 1. The van der Waals surface area contributed by atoms with Crippen LogP contribution in [0.25, 0.3) is 11.1 Å². The van der Waals surface area contributed by atoms with Gasteiger partial charge in [0.05, 0.1) is 11.6 Å². The van der Waals surface area contributed by atoms with Gasteiger partial charge in [-0.2, -0.15) is 0 Å². The van der Waals surface area contributed by atoms with Gasteiger partial charge in [-0.05, 0) is 40.9 Å². The highest BCUT2D eigenvalue weighted by molar-refractivity contribution is 5.87. The Morgan fingerprint density at radius 2 is 1.58 bits per heavy atom. The van der Waals surface area contributed by atoms with Gasteiger partial charge in [0.2, 0.25) is 0 Å². The molecular formula is C26H28Cl3N3O4. The Kier molecular flexibility index (Phi) is 10.1. The van der Waals surface area contributed by atoms with Crippen molar-refractivity contribution in [3.8, 4) is 11.1 Å². The summed E-state index contributed by atoms with van der Waals surface area (Å²) in [6, 6.07) is 18.0. The first kappa shape index (κ1) is 29.4. The third-order valence-electron chi connectivity index (χ3n) is 6.63. The lowest BCUT2D eigenvalue weighted by Gasteiger charge is -2.39. The Balaban J connectivity index is 0.00000152. The second kappa shape index (κ2) is 12.4. The molecule has 1 unspecified atom stereocenters. The molecule has 1 aliphatic heterocycles. The molecule has 10 heteroatoms. The number of benzene rings is 2. The van der Waals surface area contributed by atoms with Gasteiger partial charge in [-0.1, -0.05) is 48.5 Å². The van der Waals surface area contributed by atoms with Crippen molar-refractivity contribution in [2.75, 3.05) is 33.3 Å². The summed E-state index contributed by atoms with van der Waals surface area (Å²) < 4.78 is 5.82. The molecule has 0 radical (unpaired) electrons. The maximum Gasteiger partial charge on any atom is 0.409 e. The van der Waals surface area contributed by atoms with Gasteiger partial charge in [-0.3, -0.25) is 9.88 Å². The third-order valence-corrected chi connectivity index (χ3v) is 6.63. The van der Waals surface area contributed by atoms with Gasteiger partial charge >= 0.3 is 12.1 Å². The molecule has 1 fully saturated rings. The zero-order valence-electron chi connectivity index (χ0n) is 19.6. The fourth-order valence-electron chi connectivity index (χ4n) is 4.84. The summed E-state index contributed by atoms with van der Waals surface area (Å²) in [5.41, 5.74) is 5.66. The summed E-state index contributed by atoms with van der Waals surface area (Å²) in [5.74, 6) is -1.00. The number of hydrogen-bond acceptors (Lipinski definition) is 5. The summed E-state index contributed by atoms with van der Waals surface area (Å²) in [6.07, 6.45) is 2.64. The number of carboxylic acid groups (broad SMARTS) is 1. The number of aromatic carboxylic acids is 1. The number of hydrogen-bond donors (Lipinski definition) is 1. The molecule has 1 amide bonds. The highest BCUT2D eigenvalue weighted by atomic mass is 35.5. The van der Waals surface area contributed by atoms with Crippen molar-refractivity contribution in [1.82, 2.24) is 14.8 Å². The van der Waals surface area contributed by atoms with Crippen LogP contribution in [0.2, 0.25) is 0 Å². The first-order valence-electron chi connectivity index (χ1n) is 11.0. The van der Waals surface area contributed by atoms with Crippen molar-refractivity contribution in [1.29, 1.82) is 0 Å². The Morgan fingerprint density at radius 1 is 0.972 bits per heavy atom. The van der Waals surface area contributed by atoms with Crippen molar-refractivity contribution in [2.45, 2.75) is 12.0 Å². The number of aromatic nitrogens is 1. The topological polar surface area (TPSA) is 83.0 Å². The van der Waals surface area contributed by atoms with E-state index >= 15 is 0 Å². The number of ether oxygens (including phenoxy) is 1. The van der Waals surface area contributed by atoms with Gasteiger partial charge in [0, 0.05) is 37.9 Å². The first-order chi connectivity index (χ1) is 16.0. The normalized spacial score (nSPS) is 16.5. The van der Waals surface area contributed by atoms with Crippen LogP contribution in [-0.2, 0) is 4.74 Å². The molecule has 7 nitrogen and oxygen atoms in total. The van der Waals surface area contributed by atoms with E-state index in [-0.39, 0.29) is 67.4 Å². The minimum atomic E-state index is -1.02.